The molecule has 0 atom stereocenters. The van der Waals surface area contributed by atoms with Crippen molar-refractivity contribution in [2.24, 2.45) is 5.73 Å². The number of nitrogens with one attached hydrogen (secondary N) is 1. The maximum Gasteiger partial charge on any atom is 0.0867 e. The van der Waals surface area contributed by atoms with Gasteiger partial charge >= 0.3 is 0 Å². The average Bonchev–Trinajstić information content (AvgIpc) is 2.89. The van der Waals surface area contributed by atoms with Crippen molar-refractivity contribution in [3.05, 3.63) is 52.6 Å². The number of unbranched alkanes of at least 4 members (excludes halogenated alkanes) is 1. The van der Waals surface area contributed by atoms with Crippen molar-refractivity contribution >= 4 is 26.8 Å². The molecule has 0 saturated heterocycles. The second-order valence-electron chi connectivity index (χ2n) is 5.10. The first-order valence-electron chi connectivity index (χ1n) is 7.22. The predicted molar refractivity (Wildman–Crippen MR) is 91.2 cm³/mol. The van der Waals surface area contributed by atoms with Gasteiger partial charge in [-0.25, -0.2) is 0 Å². The van der Waals surface area contributed by atoms with Gasteiger partial charge in [0, 0.05) is 16.1 Å². The molecule has 2 aromatic heterocycles. The highest BCUT2D eigenvalue weighted by molar-refractivity contribution is 9.10. The molecule has 0 aliphatic heterocycles. The van der Waals surface area contributed by atoms with E-state index in [4.69, 9.17) is 5.73 Å². The van der Waals surface area contributed by atoms with Crippen LogP contribution >= 0.6 is 15.9 Å². The van der Waals surface area contributed by atoms with Crippen LogP contribution < -0.4 is 5.73 Å². The number of hydrogen-bond acceptors (Lipinski definition) is 2. The molecule has 4 heteroatoms. The van der Waals surface area contributed by atoms with E-state index in [0.29, 0.717) is 0 Å². The summed E-state index contributed by atoms with van der Waals surface area (Å²) in [5.74, 6) is 0. The van der Waals surface area contributed by atoms with E-state index in [-0.39, 0.29) is 0 Å². The van der Waals surface area contributed by atoms with Gasteiger partial charge in [-0.3, -0.25) is 4.98 Å². The highest BCUT2D eigenvalue weighted by atomic mass is 79.9. The topological polar surface area (TPSA) is 54.7 Å². The van der Waals surface area contributed by atoms with Crippen molar-refractivity contribution in [3.8, 4) is 11.4 Å². The number of halogens is 1. The predicted octanol–water partition coefficient (Wildman–Crippen LogP) is 4.27. The number of nitrogens with two attached hydrogens (primary N) is 1. The summed E-state index contributed by atoms with van der Waals surface area (Å²) in [6.07, 6.45) is 4.98. The zero-order chi connectivity index (χ0) is 14.7. The summed E-state index contributed by atoms with van der Waals surface area (Å²) >= 11 is 3.63. The number of aromatic nitrogens is 2. The fourth-order valence-electron chi connectivity index (χ4n) is 2.67. The number of aromatic amines is 1. The highest BCUT2D eigenvalue weighted by Gasteiger charge is 2.14. The summed E-state index contributed by atoms with van der Waals surface area (Å²) in [5, 5.41) is 1.27. The van der Waals surface area contributed by atoms with E-state index in [1.807, 2.05) is 24.4 Å². The van der Waals surface area contributed by atoms with Crippen LogP contribution in [0.15, 0.2) is 47.1 Å². The van der Waals surface area contributed by atoms with Gasteiger partial charge < -0.3 is 10.7 Å². The van der Waals surface area contributed by atoms with Crippen LogP contribution in [0.3, 0.4) is 0 Å². The van der Waals surface area contributed by atoms with Crippen LogP contribution in [-0.4, -0.2) is 16.5 Å². The number of rotatable bonds is 5. The first kappa shape index (κ1) is 14.3. The van der Waals surface area contributed by atoms with Crippen LogP contribution in [0.5, 0.6) is 0 Å². The molecule has 1 aromatic carbocycles. The Bertz CT molecular complexity index is 734. The smallest absolute Gasteiger partial charge is 0.0867 e. The fourth-order valence-corrected chi connectivity index (χ4v) is 3.14. The van der Waals surface area contributed by atoms with Crippen LogP contribution in [-0.2, 0) is 6.42 Å². The van der Waals surface area contributed by atoms with E-state index in [1.165, 1.54) is 10.9 Å². The van der Waals surface area contributed by atoms with Crippen LogP contribution in [0, 0.1) is 0 Å². The third kappa shape index (κ3) is 2.87. The van der Waals surface area contributed by atoms with Crippen LogP contribution in [0.2, 0.25) is 0 Å². The summed E-state index contributed by atoms with van der Waals surface area (Å²) in [6, 6.07) is 12.3. The standard InChI is InChI=1S/C17H18BrN3/c18-14-8-5-7-12-13(6-1-3-10-19)17(21-16(12)14)15-9-2-4-11-20-15/h2,4-5,7-9,11,21H,1,3,6,10,19H2. The molecule has 108 valence electrons. The molecule has 3 N–H and O–H groups in total. The Morgan fingerprint density at radius 3 is 2.76 bits per heavy atom. The molecule has 2 heterocycles. The van der Waals surface area contributed by atoms with E-state index in [2.05, 4.69) is 44.1 Å². The Hall–Kier alpha value is -1.65. The van der Waals surface area contributed by atoms with Gasteiger partial charge in [0.2, 0.25) is 0 Å². The van der Waals surface area contributed by atoms with E-state index in [1.54, 1.807) is 0 Å². The first-order chi connectivity index (χ1) is 10.3. The number of benzene rings is 1. The number of pyridine rings is 1. The van der Waals surface area contributed by atoms with Crippen LogP contribution in [0.25, 0.3) is 22.3 Å². The summed E-state index contributed by atoms with van der Waals surface area (Å²) in [7, 11) is 0. The summed E-state index contributed by atoms with van der Waals surface area (Å²) in [4.78, 5) is 8.03. The summed E-state index contributed by atoms with van der Waals surface area (Å²) in [6.45, 7) is 0.741. The average molecular weight is 344 g/mol. The zero-order valence-corrected chi connectivity index (χ0v) is 13.4. The Labute approximate surface area is 132 Å². The van der Waals surface area contributed by atoms with Gasteiger partial charge in [-0.2, -0.15) is 0 Å². The lowest BCUT2D eigenvalue weighted by Gasteiger charge is -2.04. The van der Waals surface area contributed by atoms with Gasteiger partial charge in [0.15, 0.2) is 0 Å². The molecule has 3 rings (SSSR count). The van der Waals surface area contributed by atoms with Gasteiger partial charge in [-0.05, 0) is 65.5 Å². The van der Waals surface area contributed by atoms with E-state index in [9.17, 15) is 0 Å². The lowest BCUT2D eigenvalue weighted by molar-refractivity contribution is 0.748. The van der Waals surface area contributed by atoms with Gasteiger partial charge in [0.1, 0.15) is 0 Å². The number of para-hydroxylation sites is 1. The molecule has 0 fully saturated rings. The molecule has 0 saturated carbocycles. The van der Waals surface area contributed by atoms with Crippen molar-refractivity contribution < 1.29 is 0 Å². The highest BCUT2D eigenvalue weighted by Crippen LogP contribution is 2.33. The number of H-pyrrole nitrogens is 1. The molecule has 0 unspecified atom stereocenters. The third-order valence-corrected chi connectivity index (χ3v) is 4.35. The number of fused-ring (bicyclic) bond motifs is 1. The monoisotopic (exact) mass is 343 g/mol. The molecule has 0 bridgehead atoms. The first-order valence-corrected chi connectivity index (χ1v) is 8.01. The molecular weight excluding hydrogens is 326 g/mol. The Balaban J connectivity index is 2.13. The number of aryl methyl sites for hydroxylation is 1. The molecule has 0 aliphatic rings. The molecule has 21 heavy (non-hydrogen) atoms. The van der Waals surface area contributed by atoms with E-state index < -0.39 is 0 Å². The molecule has 0 spiro atoms. The molecular formula is C17H18BrN3. The van der Waals surface area contributed by atoms with Gasteiger partial charge in [0.05, 0.1) is 16.9 Å². The number of hydrogen-bond donors (Lipinski definition) is 2. The Kier molecular flexibility index (Phi) is 4.36. The number of nitrogens with zero attached hydrogens (tertiary/aromatic N) is 1. The van der Waals surface area contributed by atoms with Crippen molar-refractivity contribution in [1.29, 1.82) is 0 Å². The SMILES string of the molecule is NCCCCc1c(-c2ccccn2)[nH]c2c(Br)cccc12. The normalized spacial score (nSPS) is 11.1. The second kappa shape index (κ2) is 6.41. The minimum Gasteiger partial charge on any atom is -0.352 e. The third-order valence-electron chi connectivity index (χ3n) is 3.69. The van der Waals surface area contributed by atoms with Crippen molar-refractivity contribution in [1.82, 2.24) is 9.97 Å². The molecule has 0 radical (unpaired) electrons. The lowest BCUT2D eigenvalue weighted by atomic mass is 10.0. The Morgan fingerprint density at radius 1 is 1.10 bits per heavy atom. The van der Waals surface area contributed by atoms with Crippen molar-refractivity contribution in [2.45, 2.75) is 19.3 Å². The molecule has 0 amide bonds. The quantitative estimate of drug-likeness (QED) is 0.679. The minimum atomic E-state index is 0.741. The molecule has 0 aliphatic carbocycles. The summed E-state index contributed by atoms with van der Waals surface area (Å²) in [5.41, 5.74) is 10.2. The van der Waals surface area contributed by atoms with Crippen molar-refractivity contribution in [3.63, 3.8) is 0 Å². The molecule has 3 nitrogen and oxygen atoms in total. The minimum absolute atomic E-state index is 0.741. The maximum atomic E-state index is 5.63. The van der Waals surface area contributed by atoms with Gasteiger partial charge in [0.25, 0.3) is 0 Å². The van der Waals surface area contributed by atoms with E-state index >= 15 is 0 Å². The van der Waals surface area contributed by atoms with Crippen LogP contribution in [0.4, 0.5) is 0 Å². The lowest BCUT2D eigenvalue weighted by Crippen LogP contribution is -1.99. The van der Waals surface area contributed by atoms with E-state index in [0.717, 1.165) is 47.2 Å². The fraction of sp³-hybridized carbons (Fsp3) is 0.235. The van der Waals surface area contributed by atoms with Gasteiger partial charge in [-0.1, -0.05) is 18.2 Å². The largest absolute Gasteiger partial charge is 0.352 e. The zero-order valence-electron chi connectivity index (χ0n) is 11.8. The second-order valence-corrected chi connectivity index (χ2v) is 5.96. The maximum absolute atomic E-state index is 5.63. The van der Waals surface area contributed by atoms with Crippen LogP contribution in [0.1, 0.15) is 18.4 Å². The summed E-state index contributed by atoms with van der Waals surface area (Å²) < 4.78 is 1.09. The molecule has 3 aromatic rings. The van der Waals surface area contributed by atoms with Crippen molar-refractivity contribution in [2.75, 3.05) is 6.54 Å². The van der Waals surface area contributed by atoms with Gasteiger partial charge in [-0.15, -0.1) is 0 Å². The Morgan fingerprint density at radius 2 is 2.00 bits per heavy atom.